The highest BCUT2D eigenvalue weighted by Crippen LogP contribution is 2.28. The predicted octanol–water partition coefficient (Wildman–Crippen LogP) is 3.19. The van der Waals surface area contributed by atoms with Crippen molar-refractivity contribution in [2.24, 2.45) is 0 Å². The molecule has 0 amide bonds. The van der Waals surface area contributed by atoms with Crippen LogP contribution in [0.3, 0.4) is 0 Å². The SMILES string of the molecule is CC1(C)CN(CCCCCCNC2CC2)CC(C)(C)O1. The van der Waals surface area contributed by atoms with Gasteiger partial charge < -0.3 is 10.1 Å². The number of nitrogens with zero attached hydrogens (tertiary/aromatic N) is 1. The lowest BCUT2D eigenvalue weighted by molar-refractivity contribution is -0.180. The highest BCUT2D eigenvalue weighted by molar-refractivity contribution is 4.88. The van der Waals surface area contributed by atoms with Gasteiger partial charge >= 0.3 is 0 Å². The van der Waals surface area contributed by atoms with E-state index >= 15 is 0 Å². The Bertz CT molecular complexity index is 281. The van der Waals surface area contributed by atoms with Crippen molar-refractivity contribution in [2.45, 2.75) is 83.5 Å². The molecule has 0 aromatic rings. The minimum Gasteiger partial charge on any atom is -0.367 e. The third kappa shape index (κ3) is 6.11. The first-order chi connectivity index (χ1) is 9.36. The van der Waals surface area contributed by atoms with E-state index in [0.29, 0.717) is 0 Å². The van der Waals surface area contributed by atoms with Crippen LogP contribution >= 0.6 is 0 Å². The average Bonchev–Trinajstić information content (AvgIpc) is 3.07. The van der Waals surface area contributed by atoms with Gasteiger partial charge in [-0.05, 0) is 66.5 Å². The minimum absolute atomic E-state index is 0.00403. The Balaban J connectivity index is 1.53. The largest absolute Gasteiger partial charge is 0.367 e. The number of hydrogen-bond donors (Lipinski definition) is 1. The first-order valence-corrected chi connectivity index (χ1v) is 8.52. The predicted molar refractivity (Wildman–Crippen MR) is 85.2 cm³/mol. The normalized spacial score (nSPS) is 25.8. The number of hydrogen-bond acceptors (Lipinski definition) is 3. The van der Waals surface area contributed by atoms with Crippen molar-refractivity contribution in [1.82, 2.24) is 10.2 Å². The summed E-state index contributed by atoms with van der Waals surface area (Å²) in [5.74, 6) is 0. The van der Waals surface area contributed by atoms with E-state index in [0.717, 1.165) is 19.1 Å². The smallest absolute Gasteiger partial charge is 0.0760 e. The van der Waals surface area contributed by atoms with E-state index in [4.69, 9.17) is 4.74 Å². The van der Waals surface area contributed by atoms with Gasteiger partial charge in [-0.1, -0.05) is 12.8 Å². The van der Waals surface area contributed by atoms with Crippen molar-refractivity contribution in [3.05, 3.63) is 0 Å². The van der Waals surface area contributed by atoms with E-state index in [1.165, 1.54) is 51.6 Å². The van der Waals surface area contributed by atoms with Gasteiger partial charge in [0.2, 0.25) is 0 Å². The van der Waals surface area contributed by atoms with Gasteiger partial charge in [0.15, 0.2) is 0 Å². The van der Waals surface area contributed by atoms with Gasteiger partial charge in [-0.3, -0.25) is 4.90 Å². The van der Waals surface area contributed by atoms with Crippen LogP contribution in [-0.2, 0) is 4.74 Å². The molecule has 20 heavy (non-hydrogen) atoms. The first kappa shape index (κ1) is 16.3. The highest BCUT2D eigenvalue weighted by atomic mass is 16.5. The number of unbranched alkanes of at least 4 members (excludes halogenated alkanes) is 3. The second-order valence-electron chi connectivity index (χ2n) is 7.97. The van der Waals surface area contributed by atoms with Gasteiger partial charge in [-0.15, -0.1) is 0 Å². The van der Waals surface area contributed by atoms with Crippen LogP contribution < -0.4 is 5.32 Å². The summed E-state index contributed by atoms with van der Waals surface area (Å²) in [5.41, 5.74) is -0.00807. The Morgan fingerprint density at radius 3 is 2.15 bits per heavy atom. The van der Waals surface area contributed by atoms with Crippen LogP contribution in [0.5, 0.6) is 0 Å². The van der Waals surface area contributed by atoms with Gasteiger partial charge in [0.25, 0.3) is 0 Å². The van der Waals surface area contributed by atoms with Gasteiger partial charge in [-0.2, -0.15) is 0 Å². The van der Waals surface area contributed by atoms with Gasteiger partial charge in [-0.25, -0.2) is 0 Å². The van der Waals surface area contributed by atoms with Crippen LogP contribution in [0.25, 0.3) is 0 Å². The molecule has 0 unspecified atom stereocenters. The number of morpholine rings is 1. The molecular formula is C17H34N2O. The van der Waals surface area contributed by atoms with E-state index in [9.17, 15) is 0 Å². The molecule has 1 aliphatic carbocycles. The Morgan fingerprint density at radius 2 is 1.55 bits per heavy atom. The van der Waals surface area contributed by atoms with Crippen molar-refractivity contribution in [1.29, 1.82) is 0 Å². The van der Waals surface area contributed by atoms with Crippen LogP contribution in [0, 0.1) is 0 Å². The second kappa shape index (κ2) is 6.76. The Hall–Kier alpha value is -0.120. The molecule has 0 radical (unpaired) electrons. The average molecular weight is 282 g/mol. The van der Waals surface area contributed by atoms with Crippen molar-refractivity contribution < 1.29 is 4.74 Å². The molecular weight excluding hydrogens is 248 g/mol. The summed E-state index contributed by atoms with van der Waals surface area (Å²) in [6.07, 6.45) is 8.22. The summed E-state index contributed by atoms with van der Waals surface area (Å²) in [5, 5.41) is 3.59. The van der Waals surface area contributed by atoms with Gasteiger partial charge in [0.05, 0.1) is 11.2 Å². The topological polar surface area (TPSA) is 24.5 Å². The zero-order valence-corrected chi connectivity index (χ0v) is 14.0. The molecule has 3 heteroatoms. The third-order valence-corrected chi connectivity index (χ3v) is 4.17. The quantitative estimate of drug-likeness (QED) is 0.692. The molecule has 1 heterocycles. The van der Waals surface area contributed by atoms with Crippen molar-refractivity contribution in [2.75, 3.05) is 26.2 Å². The Labute approximate surface area is 125 Å². The number of ether oxygens (including phenoxy) is 1. The first-order valence-electron chi connectivity index (χ1n) is 8.52. The van der Waals surface area contributed by atoms with Crippen LogP contribution in [-0.4, -0.2) is 48.3 Å². The molecule has 2 fully saturated rings. The molecule has 2 aliphatic rings. The highest BCUT2D eigenvalue weighted by Gasteiger charge is 2.37. The summed E-state index contributed by atoms with van der Waals surface area (Å²) in [6, 6.07) is 0.868. The molecule has 1 saturated carbocycles. The van der Waals surface area contributed by atoms with Crippen LogP contribution in [0.1, 0.15) is 66.2 Å². The summed E-state index contributed by atoms with van der Waals surface area (Å²) in [4.78, 5) is 2.59. The molecule has 1 N–H and O–H groups in total. The lowest BCUT2D eigenvalue weighted by Crippen LogP contribution is -2.57. The molecule has 1 aliphatic heterocycles. The van der Waals surface area contributed by atoms with Crippen LogP contribution in [0.15, 0.2) is 0 Å². The third-order valence-electron chi connectivity index (χ3n) is 4.17. The number of nitrogens with one attached hydrogen (secondary N) is 1. The van der Waals surface area contributed by atoms with Crippen LogP contribution in [0.2, 0.25) is 0 Å². The molecule has 0 aromatic carbocycles. The fraction of sp³-hybridized carbons (Fsp3) is 1.00. The van der Waals surface area contributed by atoms with Crippen molar-refractivity contribution >= 4 is 0 Å². The van der Waals surface area contributed by atoms with E-state index in [1.54, 1.807) is 0 Å². The number of rotatable bonds is 8. The maximum absolute atomic E-state index is 6.13. The summed E-state index contributed by atoms with van der Waals surface area (Å²) >= 11 is 0. The molecule has 0 spiro atoms. The Kier molecular flexibility index (Phi) is 5.49. The van der Waals surface area contributed by atoms with Gasteiger partial charge in [0.1, 0.15) is 0 Å². The summed E-state index contributed by atoms with van der Waals surface area (Å²) in [6.45, 7) is 13.4. The fourth-order valence-corrected chi connectivity index (χ4v) is 3.51. The standard InChI is InChI=1S/C17H34N2O/c1-16(2)13-19(14-17(3,4)20-16)12-8-6-5-7-11-18-15-9-10-15/h15,18H,5-14H2,1-4H3. The molecule has 0 atom stereocenters. The van der Waals surface area contributed by atoms with Crippen LogP contribution in [0.4, 0.5) is 0 Å². The second-order valence-corrected chi connectivity index (χ2v) is 7.97. The lowest BCUT2D eigenvalue weighted by Gasteiger charge is -2.47. The fourth-order valence-electron chi connectivity index (χ4n) is 3.51. The molecule has 2 rings (SSSR count). The maximum atomic E-state index is 6.13. The van der Waals surface area contributed by atoms with E-state index in [-0.39, 0.29) is 11.2 Å². The summed E-state index contributed by atoms with van der Waals surface area (Å²) in [7, 11) is 0. The molecule has 0 aromatic heterocycles. The molecule has 0 bridgehead atoms. The molecule has 118 valence electrons. The van der Waals surface area contributed by atoms with Crippen molar-refractivity contribution in [3.63, 3.8) is 0 Å². The molecule has 1 saturated heterocycles. The minimum atomic E-state index is -0.00403. The van der Waals surface area contributed by atoms with E-state index in [1.807, 2.05) is 0 Å². The van der Waals surface area contributed by atoms with E-state index < -0.39 is 0 Å². The lowest BCUT2D eigenvalue weighted by atomic mass is 9.98. The maximum Gasteiger partial charge on any atom is 0.0760 e. The monoisotopic (exact) mass is 282 g/mol. The zero-order chi connectivity index (χ0) is 14.6. The summed E-state index contributed by atoms with van der Waals surface area (Å²) < 4.78 is 6.13. The zero-order valence-electron chi connectivity index (χ0n) is 14.0. The van der Waals surface area contributed by atoms with Crippen molar-refractivity contribution in [3.8, 4) is 0 Å². The Morgan fingerprint density at radius 1 is 0.950 bits per heavy atom. The van der Waals surface area contributed by atoms with E-state index in [2.05, 4.69) is 37.9 Å². The molecule has 3 nitrogen and oxygen atoms in total. The van der Waals surface area contributed by atoms with Gasteiger partial charge in [0, 0.05) is 19.1 Å².